The van der Waals surface area contributed by atoms with Gasteiger partial charge in [-0.1, -0.05) is 52.5 Å². The van der Waals surface area contributed by atoms with Crippen LogP contribution >= 0.6 is 0 Å². The lowest BCUT2D eigenvalue weighted by molar-refractivity contribution is 0.0810. The smallest absolute Gasteiger partial charge is 0.325 e. The van der Waals surface area contributed by atoms with Gasteiger partial charge >= 0.3 is 6.03 Å². The second kappa shape index (κ2) is 19.6. The van der Waals surface area contributed by atoms with Crippen molar-refractivity contribution in [3.63, 3.8) is 0 Å². The molecule has 1 unspecified atom stereocenters. The van der Waals surface area contributed by atoms with E-state index in [2.05, 4.69) is 53.4 Å². The van der Waals surface area contributed by atoms with E-state index in [1.54, 1.807) is 23.8 Å². The van der Waals surface area contributed by atoms with E-state index in [0.29, 0.717) is 41.0 Å². The fourth-order valence-corrected chi connectivity index (χ4v) is 9.42. The number of nitrogens with one attached hydrogen (secondary N) is 1. The van der Waals surface area contributed by atoms with Crippen molar-refractivity contribution in [1.82, 2.24) is 19.4 Å². The van der Waals surface area contributed by atoms with Crippen molar-refractivity contribution in [2.24, 2.45) is 5.73 Å². The Morgan fingerprint density at radius 2 is 1.68 bits per heavy atom. The van der Waals surface area contributed by atoms with Gasteiger partial charge in [0.05, 0.1) is 41.3 Å². The molecule has 5 aromatic rings. The molecule has 1 fully saturated rings. The number of primary amides is 1. The first-order chi connectivity index (χ1) is 31.1. The molecule has 2 amide bonds. The second-order valence-corrected chi connectivity index (χ2v) is 17.7. The Kier molecular flexibility index (Phi) is 14.1. The summed E-state index contributed by atoms with van der Waals surface area (Å²) in [5.41, 5.74) is 13.1. The van der Waals surface area contributed by atoms with Gasteiger partial charge in [0, 0.05) is 87.3 Å². The number of piperazine rings is 1. The predicted octanol–water partition coefficient (Wildman–Crippen LogP) is 7.40. The third-order valence-corrected chi connectivity index (χ3v) is 13.3. The molecule has 1 saturated heterocycles. The van der Waals surface area contributed by atoms with Crippen molar-refractivity contribution < 1.29 is 24.9 Å². The first-order valence-corrected chi connectivity index (χ1v) is 22.7. The zero-order chi connectivity index (χ0) is 46.7. The molecule has 0 aliphatic carbocycles. The summed E-state index contributed by atoms with van der Waals surface area (Å²) in [6.45, 7) is 18.8. The third kappa shape index (κ3) is 9.39. The maximum Gasteiger partial charge on any atom is 0.325 e. The van der Waals surface area contributed by atoms with Gasteiger partial charge in [0.1, 0.15) is 22.9 Å². The Bertz CT molecular complexity index is 2650. The van der Waals surface area contributed by atoms with E-state index >= 15 is 0 Å². The summed E-state index contributed by atoms with van der Waals surface area (Å²) in [5.74, 6) is -0.711. The Labute approximate surface area is 381 Å². The molecule has 0 spiro atoms. The number of rotatable bonds is 17. The predicted molar refractivity (Wildman–Crippen MR) is 258 cm³/mol. The molecule has 2 aliphatic heterocycles. The second-order valence-electron chi connectivity index (χ2n) is 17.7. The summed E-state index contributed by atoms with van der Waals surface area (Å²) in [5, 5.41) is 42.2. The Morgan fingerprint density at radius 1 is 0.985 bits per heavy atom. The molecule has 2 aliphatic rings. The number of benzene rings is 3. The van der Waals surface area contributed by atoms with Crippen LogP contribution in [0.2, 0.25) is 0 Å². The van der Waals surface area contributed by atoms with Crippen LogP contribution in [0.3, 0.4) is 0 Å². The summed E-state index contributed by atoms with van der Waals surface area (Å²) in [6, 6.07) is 17.6. The first-order valence-electron chi connectivity index (χ1n) is 22.7. The minimum Gasteiger partial charge on any atom is -0.508 e. The highest BCUT2D eigenvalue weighted by Gasteiger charge is 2.34. The Morgan fingerprint density at radius 3 is 2.31 bits per heavy atom. The summed E-state index contributed by atoms with van der Waals surface area (Å²) in [7, 11) is 3.69. The third-order valence-electron chi connectivity index (χ3n) is 13.3. The number of hydrogen-bond acceptors (Lipinski definition) is 11. The van der Waals surface area contributed by atoms with E-state index in [0.717, 1.165) is 103 Å². The van der Waals surface area contributed by atoms with Gasteiger partial charge in [-0.15, -0.1) is 0 Å². The zero-order valence-corrected chi connectivity index (χ0v) is 38.7. The van der Waals surface area contributed by atoms with Gasteiger partial charge < -0.3 is 40.2 Å². The van der Waals surface area contributed by atoms with E-state index in [9.17, 15) is 24.9 Å². The van der Waals surface area contributed by atoms with Gasteiger partial charge in [-0.05, 0) is 97.3 Å². The maximum absolute atomic E-state index is 14.0. The van der Waals surface area contributed by atoms with Crippen molar-refractivity contribution in [1.29, 1.82) is 5.41 Å². The van der Waals surface area contributed by atoms with Crippen LogP contribution in [0.4, 0.5) is 16.2 Å². The highest BCUT2D eigenvalue weighted by Crippen LogP contribution is 2.40. The number of fused-ring (bicyclic) bond motifs is 4. The van der Waals surface area contributed by atoms with Gasteiger partial charge in [-0.3, -0.25) is 15.1 Å². The molecule has 4 heterocycles. The van der Waals surface area contributed by atoms with Crippen LogP contribution < -0.4 is 21.1 Å². The normalized spacial score (nSPS) is 14.9. The maximum atomic E-state index is 14.0. The molecule has 0 radical (unpaired) electrons. The highest BCUT2D eigenvalue weighted by atomic mass is 16.5. The van der Waals surface area contributed by atoms with Gasteiger partial charge in [-0.2, -0.15) is 0 Å². The van der Waals surface area contributed by atoms with Crippen LogP contribution in [-0.4, -0.2) is 100.0 Å². The topological polar surface area (TPSA) is 185 Å². The molecular weight excluding hydrogens is 821 g/mol. The quantitative estimate of drug-likeness (QED) is 0.0268. The highest BCUT2D eigenvalue weighted by molar-refractivity contribution is 6.22. The van der Waals surface area contributed by atoms with Gasteiger partial charge in [0.2, 0.25) is 0 Å². The fourth-order valence-electron chi connectivity index (χ4n) is 9.42. The molecule has 14 heteroatoms. The Hall–Kier alpha value is -6.06. The van der Waals surface area contributed by atoms with Crippen molar-refractivity contribution in [3.8, 4) is 22.9 Å². The van der Waals surface area contributed by atoms with E-state index in [1.807, 2.05) is 39.0 Å². The molecule has 65 heavy (non-hydrogen) atoms. The summed E-state index contributed by atoms with van der Waals surface area (Å²) in [6.07, 6.45) is 4.80. The number of phenols is 2. The number of aryl methyl sites for hydroxylation is 1. The largest absolute Gasteiger partial charge is 0.508 e. The number of methoxy groups -OCH3 is 1. The molecule has 3 aromatic carbocycles. The van der Waals surface area contributed by atoms with E-state index in [1.165, 1.54) is 23.8 Å². The number of amidine groups is 1. The number of amides is 2. The van der Waals surface area contributed by atoms with Crippen LogP contribution in [0.15, 0.2) is 78.1 Å². The lowest BCUT2D eigenvalue weighted by Crippen LogP contribution is -2.46. The zero-order valence-electron chi connectivity index (χ0n) is 38.7. The molecule has 0 bridgehead atoms. The van der Waals surface area contributed by atoms with Crippen LogP contribution in [0.5, 0.6) is 11.5 Å². The number of pyridine rings is 2. The number of hydrogen-bond donors (Lipinski definition) is 5. The number of anilines is 2. The van der Waals surface area contributed by atoms with Crippen molar-refractivity contribution in [3.05, 3.63) is 123 Å². The molecular formula is C51H64N8O6. The average molecular weight is 885 g/mol. The number of phenolic OH excluding ortho intramolecular Hbond substituents is 2. The van der Waals surface area contributed by atoms with Crippen LogP contribution in [0.1, 0.15) is 91.8 Å². The van der Waals surface area contributed by atoms with E-state index in [-0.39, 0.29) is 41.0 Å². The van der Waals surface area contributed by atoms with Crippen LogP contribution in [0, 0.1) is 5.41 Å². The number of carbonyl (C=O) groups excluding carboxylic acids is 1. The molecule has 344 valence electrons. The van der Waals surface area contributed by atoms with Gasteiger partial charge in [0.15, 0.2) is 0 Å². The van der Waals surface area contributed by atoms with Crippen molar-refractivity contribution in [2.75, 3.05) is 63.2 Å². The summed E-state index contributed by atoms with van der Waals surface area (Å²) >= 11 is 0. The molecule has 14 nitrogen and oxygen atoms in total. The van der Waals surface area contributed by atoms with Crippen molar-refractivity contribution in [2.45, 2.75) is 84.6 Å². The number of aromatic hydroxyl groups is 2. The number of aliphatic hydroxyl groups is 1. The number of nitrogens with two attached hydrogens (primary N) is 1. The van der Waals surface area contributed by atoms with Gasteiger partial charge in [0.25, 0.3) is 5.56 Å². The summed E-state index contributed by atoms with van der Waals surface area (Å²) < 4.78 is 7.20. The molecule has 1 atom stereocenters. The van der Waals surface area contributed by atoms with Crippen LogP contribution in [0.25, 0.3) is 22.3 Å². The summed E-state index contributed by atoms with van der Waals surface area (Å²) in [4.78, 5) is 40.0. The Balaban J connectivity index is 0.925. The number of urea groups is 1. The SMILES string of the molecule is C=CC(O)(CC)c1cc2n(c(=O)c1COC)Cc1c-2nc2ccc(N(C)CCCCN3CCN(Cc4ccc(N(C(=N)c5cc(C(C)C)c(O)cc5O)C(N)=O)cc4)CC3)cc2c1CC. The number of ether oxygens (including phenoxy) is 1. The first kappa shape index (κ1) is 46.9. The fraction of sp³-hybridized carbons (Fsp3) is 0.412. The van der Waals surface area contributed by atoms with E-state index in [4.69, 9.17) is 20.9 Å². The van der Waals surface area contributed by atoms with Crippen molar-refractivity contribution >= 4 is 34.1 Å². The van der Waals surface area contributed by atoms with Gasteiger partial charge in [-0.25, -0.2) is 14.7 Å². The molecule has 7 rings (SSSR count). The number of nitrogens with zero attached hydrogens (tertiary/aromatic N) is 6. The minimum atomic E-state index is -1.36. The number of aromatic nitrogens is 2. The lowest BCUT2D eigenvalue weighted by Gasteiger charge is -2.35. The minimum absolute atomic E-state index is 0.0607. The number of carbonyl (C=O) groups is 1. The molecule has 0 saturated carbocycles. The molecule has 2 aromatic heterocycles. The lowest BCUT2D eigenvalue weighted by atomic mass is 9.87. The van der Waals surface area contributed by atoms with Crippen LogP contribution in [-0.2, 0) is 36.5 Å². The number of unbranched alkanes of at least 4 members (excludes halogenated alkanes) is 1. The molecule has 6 N–H and O–H groups in total. The van der Waals surface area contributed by atoms with E-state index < -0.39 is 11.6 Å². The standard InChI is InChI=1S/C51H64N8O6/c1-8-36-38-25-35(17-18-43(38)54-47-40(36)30-58-44(47)27-42(51(64,9-2)10-3)41(31-65-7)49(58)62)55(6)19-11-12-20-56-21-23-57(24-22-56)29-33-13-15-34(16-14-33)59(50(53)63)48(52)39-26-37(32(4)5)45(60)28-46(39)61/h9,13-18,25-28,32,52,60-61,64H,2,8,10-12,19-24,29-31H2,1,3-7H3,(H2,53,63). The average Bonchev–Trinajstić information content (AvgIpc) is 3.66. The monoisotopic (exact) mass is 884 g/mol.